The predicted octanol–water partition coefficient (Wildman–Crippen LogP) is 4.20. The van der Waals surface area contributed by atoms with Gasteiger partial charge in [-0.25, -0.2) is 9.78 Å². The number of rotatable bonds is 8. The number of carbonyl (C=O) groups is 2. The molecule has 2 aromatic carbocycles. The summed E-state index contributed by atoms with van der Waals surface area (Å²) in [7, 11) is 3.65. The van der Waals surface area contributed by atoms with Gasteiger partial charge in [-0.15, -0.1) is 0 Å². The minimum Gasteiger partial charge on any atom is -0.390 e. The summed E-state index contributed by atoms with van der Waals surface area (Å²) >= 11 is 6.63. The van der Waals surface area contributed by atoms with Crippen LogP contribution >= 0.6 is 11.6 Å². The maximum absolute atomic E-state index is 13.0. The molecule has 3 unspecified atom stereocenters. The fraction of sp³-hybridized carbons (Fsp3) is 0.459. The van der Waals surface area contributed by atoms with E-state index in [9.17, 15) is 19.5 Å². The smallest absolute Gasteiger partial charge is 0.328 e. The first-order chi connectivity index (χ1) is 24.8. The number of aromatic nitrogens is 6. The highest BCUT2D eigenvalue weighted by Gasteiger charge is 2.40. The lowest BCUT2D eigenvalue weighted by molar-refractivity contribution is -0.134. The number of nitrogens with zero attached hydrogens (tertiary/aromatic N) is 8. The molecule has 2 amide bonds. The van der Waals surface area contributed by atoms with Crippen LogP contribution in [0.3, 0.4) is 0 Å². The van der Waals surface area contributed by atoms with E-state index < -0.39 is 11.5 Å². The van der Waals surface area contributed by atoms with Crippen molar-refractivity contribution in [2.24, 2.45) is 20.0 Å². The maximum Gasteiger partial charge on any atom is 0.328 e. The number of carbonyl (C=O) groups excluding carboxylic acids is 2. The molecule has 14 nitrogen and oxygen atoms in total. The molecule has 3 fully saturated rings. The largest absolute Gasteiger partial charge is 0.390 e. The molecular formula is C37H43ClN10O4. The summed E-state index contributed by atoms with van der Waals surface area (Å²) < 4.78 is 5.14. The number of benzene rings is 2. The van der Waals surface area contributed by atoms with Crippen LogP contribution in [0.4, 0.5) is 23.1 Å². The van der Waals surface area contributed by atoms with Crippen molar-refractivity contribution in [1.29, 1.82) is 0 Å². The summed E-state index contributed by atoms with van der Waals surface area (Å²) in [5.41, 5.74) is 4.08. The molecule has 3 aromatic heterocycles. The lowest BCUT2D eigenvalue weighted by Gasteiger charge is -2.39. The highest BCUT2D eigenvalue weighted by molar-refractivity contribution is 6.33. The molecule has 272 valence electrons. The van der Waals surface area contributed by atoms with Gasteiger partial charge in [0.1, 0.15) is 5.02 Å². The summed E-state index contributed by atoms with van der Waals surface area (Å²) in [5.74, 6) is 0.613. The highest BCUT2D eigenvalue weighted by atomic mass is 35.5. The number of nitrogens with one attached hydrogen (secondary N) is 2. The molecule has 3 N–H and O–H groups in total. The number of imidazole rings is 1. The number of piperidine rings is 2. The second kappa shape index (κ2) is 12.9. The van der Waals surface area contributed by atoms with E-state index in [2.05, 4.69) is 43.6 Å². The average molecular weight is 727 g/mol. The van der Waals surface area contributed by atoms with Gasteiger partial charge in [0.2, 0.25) is 17.8 Å². The van der Waals surface area contributed by atoms with Gasteiger partial charge < -0.3 is 20.2 Å². The lowest BCUT2D eigenvalue weighted by Crippen LogP contribution is -2.46. The predicted molar refractivity (Wildman–Crippen MR) is 200 cm³/mol. The minimum atomic E-state index is -0.896. The quantitative estimate of drug-likeness (QED) is 0.198. The standard InChI is InChI=1S/C37H43ClN10O4/c1-37(2,52)13-16-48-30-17-22(5-9-28(30)44(3)36(48)51)40-33-26(38)19-39-35(42-33)47-15-11-21-20-46(14-12-27(21)47)23-6-7-24-29(18-23)45(4)43-32(24)25-8-10-31(49)41-34(25)50/h5-7,9,17-19,21,25,27,52H,8,10-16,20H2,1-4H3,(H,39,40,42)(H,41,49,50). The second-order valence-electron chi connectivity index (χ2n) is 15.0. The van der Waals surface area contributed by atoms with Crippen LogP contribution in [0.2, 0.25) is 5.02 Å². The first-order valence-corrected chi connectivity index (χ1v) is 18.3. The van der Waals surface area contributed by atoms with Crippen LogP contribution in [-0.4, -0.2) is 77.1 Å². The van der Waals surface area contributed by atoms with Crippen molar-refractivity contribution >= 4 is 68.5 Å². The summed E-state index contributed by atoms with van der Waals surface area (Å²) in [6.45, 7) is 6.47. The SMILES string of the molecule is Cn1nc(C2CCC(=O)NC2=O)c2ccc(N3CCC4C(CCN4c4ncc(Cl)c(Nc5ccc6c(c5)n(CCC(C)(C)O)c(=O)n6C)n4)C3)cc21. The number of hydrogen-bond acceptors (Lipinski definition) is 10. The van der Waals surface area contributed by atoms with Gasteiger partial charge in [0.25, 0.3) is 0 Å². The zero-order chi connectivity index (χ0) is 36.5. The molecule has 3 saturated heterocycles. The first kappa shape index (κ1) is 34.2. The van der Waals surface area contributed by atoms with Crippen LogP contribution < -0.4 is 26.1 Å². The number of halogens is 1. The van der Waals surface area contributed by atoms with Crippen molar-refractivity contribution in [3.8, 4) is 0 Å². The molecule has 6 heterocycles. The van der Waals surface area contributed by atoms with Gasteiger partial charge in [-0.3, -0.25) is 28.7 Å². The Kier molecular flexibility index (Phi) is 8.49. The zero-order valence-corrected chi connectivity index (χ0v) is 30.5. The summed E-state index contributed by atoms with van der Waals surface area (Å²) in [6.07, 6.45) is 4.82. The molecule has 0 radical (unpaired) electrons. The van der Waals surface area contributed by atoms with Gasteiger partial charge in [-0.2, -0.15) is 10.1 Å². The van der Waals surface area contributed by atoms with E-state index in [1.165, 1.54) is 0 Å². The monoisotopic (exact) mass is 726 g/mol. The highest BCUT2D eigenvalue weighted by Crippen LogP contribution is 2.38. The molecule has 0 saturated carbocycles. The summed E-state index contributed by atoms with van der Waals surface area (Å²) in [4.78, 5) is 51.6. The molecule has 3 aliphatic rings. The van der Waals surface area contributed by atoms with Gasteiger partial charge in [0, 0.05) is 69.5 Å². The minimum absolute atomic E-state index is 0.134. The number of fused-ring (bicyclic) bond motifs is 3. The van der Waals surface area contributed by atoms with Crippen molar-refractivity contribution in [3.63, 3.8) is 0 Å². The van der Waals surface area contributed by atoms with Crippen molar-refractivity contribution in [2.75, 3.05) is 34.8 Å². The molecule has 0 aliphatic carbocycles. The Labute approximate surface area is 305 Å². The van der Waals surface area contributed by atoms with Crippen LogP contribution in [-0.2, 0) is 30.2 Å². The summed E-state index contributed by atoms with van der Waals surface area (Å²) in [6, 6.07) is 12.3. The van der Waals surface area contributed by atoms with Crippen molar-refractivity contribution in [1.82, 2.24) is 34.2 Å². The van der Waals surface area contributed by atoms with E-state index in [1.807, 2.05) is 29.9 Å². The van der Waals surface area contributed by atoms with Crippen molar-refractivity contribution in [3.05, 3.63) is 63.8 Å². The molecule has 3 atom stereocenters. The Balaban J connectivity index is 0.980. The second-order valence-corrected chi connectivity index (χ2v) is 15.4. The molecule has 15 heteroatoms. The van der Waals surface area contributed by atoms with Crippen LogP contribution in [0.15, 0.2) is 47.4 Å². The molecule has 3 aliphatic heterocycles. The van der Waals surface area contributed by atoms with E-state index in [0.29, 0.717) is 48.5 Å². The number of amides is 2. The lowest BCUT2D eigenvalue weighted by atomic mass is 9.91. The fourth-order valence-corrected chi connectivity index (χ4v) is 8.30. The molecule has 0 bridgehead atoms. The molecular weight excluding hydrogens is 684 g/mol. The summed E-state index contributed by atoms with van der Waals surface area (Å²) in [5, 5.41) is 22.2. The molecule has 5 aromatic rings. The Hall–Kier alpha value is -4.95. The van der Waals surface area contributed by atoms with E-state index >= 15 is 0 Å². The first-order valence-electron chi connectivity index (χ1n) is 17.9. The molecule has 0 spiro atoms. The maximum atomic E-state index is 13.0. The van der Waals surface area contributed by atoms with Crippen molar-refractivity contribution in [2.45, 2.75) is 70.1 Å². The number of anilines is 4. The van der Waals surface area contributed by atoms with Gasteiger partial charge in [-0.05, 0) is 81.8 Å². The van der Waals surface area contributed by atoms with Crippen molar-refractivity contribution < 1.29 is 14.7 Å². The third-order valence-electron chi connectivity index (χ3n) is 11.0. The fourth-order valence-electron chi connectivity index (χ4n) is 8.16. The normalized spacial score (nSPS) is 20.9. The van der Waals surface area contributed by atoms with Crippen LogP contribution in [0.25, 0.3) is 21.9 Å². The number of hydrogen-bond donors (Lipinski definition) is 3. The van der Waals surface area contributed by atoms with Gasteiger partial charge in [-0.1, -0.05) is 11.6 Å². The van der Waals surface area contributed by atoms with Crippen LogP contribution in [0, 0.1) is 5.92 Å². The topological polar surface area (TPSA) is 155 Å². The van der Waals surface area contributed by atoms with Gasteiger partial charge in [0.05, 0.1) is 40.0 Å². The Bertz CT molecular complexity index is 2290. The van der Waals surface area contributed by atoms with Gasteiger partial charge >= 0.3 is 5.69 Å². The number of imide groups is 1. The van der Waals surface area contributed by atoms with Gasteiger partial charge in [0.15, 0.2) is 5.82 Å². The van der Waals surface area contributed by atoms with Crippen LogP contribution in [0.1, 0.15) is 57.6 Å². The Morgan fingerprint density at radius 1 is 1.02 bits per heavy atom. The van der Waals surface area contributed by atoms with E-state index in [0.717, 1.165) is 71.5 Å². The average Bonchev–Trinajstić information content (AvgIpc) is 3.75. The molecule has 52 heavy (non-hydrogen) atoms. The van der Waals surface area contributed by atoms with E-state index in [4.69, 9.17) is 21.7 Å². The Morgan fingerprint density at radius 2 is 1.85 bits per heavy atom. The number of aliphatic hydroxyl groups is 1. The molecule has 8 rings (SSSR count). The third kappa shape index (κ3) is 6.17. The van der Waals surface area contributed by atoms with E-state index in [1.54, 1.807) is 36.2 Å². The Morgan fingerprint density at radius 3 is 2.63 bits per heavy atom. The number of aryl methyl sites for hydroxylation is 3. The van der Waals surface area contributed by atoms with E-state index in [-0.39, 0.29) is 23.5 Å². The zero-order valence-electron chi connectivity index (χ0n) is 29.8. The third-order valence-corrected chi connectivity index (χ3v) is 11.3. The van der Waals surface area contributed by atoms with Crippen LogP contribution in [0.5, 0.6) is 0 Å².